The zero-order chi connectivity index (χ0) is 19.0. The van der Waals surface area contributed by atoms with Crippen LogP contribution in [-0.4, -0.2) is 31.3 Å². The first kappa shape index (κ1) is 17.6. The van der Waals surface area contributed by atoms with E-state index in [0.717, 1.165) is 43.7 Å². The molecule has 140 valence electrons. The number of hydrogen-bond acceptors (Lipinski definition) is 4. The number of hydrogen-bond donors (Lipinski definition) is 2. The first-order valence-corrected chi connectivity index (χ1v) is 9.42. The average Bonchev–Trinajstić information content (AvgIpc) is 2.66. The molecule has 0 spiro atoms. The Morgan fingerprint density at radius 1 is 1.11 bits per heavy atom. The van der Waals surface area contributed by atoms with Gasteiger partial charge in [-0.3, -0.25) is 0 Å². The van der Waals surface area contributed by atoms with Gasteiger partial charge in [0.2, 0.25) is 0 Å². The Labute approximate surface area is 158 Å². The second kappa shape index (κ2) is 7.08. The number of aromatic hydroxyl groups is 1. The van der Waals surface area contributed by atoms with Gasteiger partial charge in [0.15, 0.2) is 0 Å². The Balaban J connectivity index is 1.54. The van der Waals surface area contributed by atoms with Crippen LogP contribution >= 0.6 is 0 Å². The van der Waals surface area contributed by atoms with Crippen molar-refractivity contribution in [3.05, 3.63) is 69.6 Å². The summed E-state index contributed by atoms with van der Waals surface area (Å²) in [6, 6.07) is 13.6. The minimum atomic E-state index is -0.357. The van der Waals surface area contributed by atoms with Gasteiger partial charge in [-0.25, -0.2) is 4.79 Å². The lowest BCUT2D eigenvalue weighted by Gasteiger charge is -2.34. The fraction of sp³-hybridized carbons (Fsp3) is 0.318. The van der Waals surface area contributed by atoms with E-state index in [2.05, 4.69) is 36.1 Å². The highest BCUT2D eigenvalue weighted by Crippen LogP contribution is 2.27. The Bertz CT molecular complexity index is 1030. The molecule has 0 amide bonds. The fourth-order valence-corrected chi connectivity index (χ4v) is 3.99. The van der Waals surface area contributed by atoms with E-state index in [1.54, 1.807) is 19.1 Å². The van der Waals surface area contributed by atoms with Crippen LogP contribution in [0.5, 0.6) is 5.75 Å². The van der Waals surface area contributed by atoms with Crippen molar-refractivity contribution >= 4 is 16.7 Å². The van der Waals surface area contributed by atoms with Gasteiger partial charge in [0.25, 0.3) is 0 Å². The Morgan fingerprint density at radius 3 is 2.59 bits per heavy atom. The topological polar surface area (TPSA) is 58.1 Å². The van der Waals surface area contributed by atoms with Crippen LogP contribution in [0, 0.1) is 13.8 Å². The molecule has 0 aliphatic carbocycles. The van der Waals surface area contributed by atoms with Crippen molar-refractivity contribution in [3.8, 4) is 5.75 Å². The molecule has 27 heavy (non-hydrogen) atoms. The quantitative estimate of drug-likeness (QED) is 0.698. The number of benzene rings is 2. The minimum absolute atomic E-state index is 0.155. The summed E-state index contributed by atoms with van der Waals surface area (Å²) < 4.78 is 5.36. The third-order valence-corrected chi connectivity index (χ3v) is 5.59. The summed E-state index contributed by atoms with van der Waals surface area (Å²) in [5.41, 5.74) is 4.37. The number of nitrogens with one attached hydrogen (secondary N) is 1. The number of para-hydroxylation sites is 1. The minimum Gasteiger partial charge on any atom is -0.508 e. The van der Waals surface area contributed by atoms with Crippen molar-refractivity contribution in [2.45, 2.75) is 20.4 Å². The van der Waals surface area contributed by atoms with Crippen molar-refractivity contribution in [2.24, 2.45) is 0 Å². The molecule has 1 saturated heterocycles. The summed E-state index contributed by atoms with van der Waals surface area (Å²) in [4.78, 5) is 15.9. The predicted molar refractivity (Wildman–Crippen MR) is 107 cm³/mol. The standard InChI is InChI=1S/C22H24N2O3/c1-15-5-3-4-6-19(15)24-11-9-23(10-12-24)14-17-13-21(26)27-22-16(2)20(25)8-7-18(17)22/h3-8,13,25H,9-12,14H2,1-2H3/p+1. The largest absolute Gasteiger partial charge is 0.508 e. The Morgan fingerprint density at radius 2 is 1.85 bits per heavy atom. The predicted octanol–water partition coefficient (Wildman–Crippen LogP) is 2.02. The molecule has 5 heteroatoms. The maximum Gasteiger partial charge on any atom is 0.336 e. The van der Waals surface area contributed by atoms with E-state index in [4.69, 9.17) is 4.42 Å². The van der Waals surface area contributed by atoms with Gasteiger partial charge in [0.1, 0.15) is 17.9 Å². The van der Waals surface area contributed by atoms with Gasteiger partial charge in [-0.15, -0.1) is 0 Å². The summed E-state index contributed by atoms with van der Waals surface area (Å²) in [5.74, 6) is 0.155. The van der Waals surface area contributed by atoms with Crippen LogP contribution in [0.25, 0.3) is 11.0 Å². The van der Waals surface area contributed by atoms with Crippen molar-refractivity contribution in [2.75, 3.05) is 31.1 Å². The number of piperazine rings is 1. The van der Waals surface area contributed by atoms with Crippen LogP contribution in [0.1, 0.15) is 16.7 Å². The monoisotopic (exact) mass is 365 g/mol. The van der Waals surface area contributed by atoms with E-state index in [-0.39, 0.29) is 11.4 Å². The molecule has 0 radical (unpaired) electrons. The van der Waals surface area contributed by atoms with E-state index < -0.39 is 0 Å². The van der Waals surface area contributed by atoms with Gasteiger partial charge in [0, 0.05) is 28.3 Å². The van der Waals surface area contributed by atoms with Gasteiger partial charge < -0.3 is 19.3 Å². The maximum absolute atomic E-state index is 12.0. The highest BCUT2D eigenvalue weighted by atomic mass is 16.4. The van der Waals surface area contributed by atoms with Gasteiger partial charge in [-0.1, -0.05) is 18.2 Å². The molecule has 1 aromatic heterocycles. The molecule has 1 aliphatic rings. The zero-order valence-corrected chi connectivity index (χ0v) is 15.8. The highest BCUT2D eigenvalue weighted by molar-refractivity contribution is 5.84. The molecule has 5 nitrogen and oxygen atoms in total. The third-order valence-electron chi connectivity index (χ3n) is 5.59. The number of fused-ring (bicyclic) bond motifs is 1. The van der Waals surface area contributed by atoms with Crippen LogP contribution in [-0.2, 0) is 6.54 Å². The molecule has 0 atom stereocenters. The number of phenols is 1. The molecular formula is C22H25N2O3+. The third kappa shape index (κ3) is 3.43. The molecule has 0 saturated carbocycles. The van der Waals surface area contributed by atoms with Gasteiger partial charge in [-0.05, 0) is 37.6 Å². The number of rotatable bonds is 3. The van der Waals surface area contributed by atoms with Crippen molar-refractivity contribution in [1.82, 2.24) is 0 Å². The summed E-state index contributed by atoms with van der Waals surface area (Å²) in [7, 11) is 0. The van der Waals surface area contributed by atoms with E-state index in [0.29, 0.717) is 11.1 Å². The van der Waals surface area contributed by atoms with E-state index >= 15 is 0 Å². The van der Waals surface area contributed by atoms with Crippen LogP contribution in [0.15, 0.2) is 51.7 Å². The number of quaternary nitrogens is 1. The Hall–Kier alpha value is -2.79. The first-order valence-electron chi connectivity index (χ1n) is 9.42. The first-order chi connectivity index (χ1) is 13.0. The van der Waals surface area contributed by atoms with Crippen LogP contribution in [0.4, 0.5) is 5.69 Å². The normalized spacial score (nSPS) is 15.4. The van der Waals surface area contributed by atoms with Crippen LogP contribution in [0.2, 0.25) is 0 Å². The molecule has 3 aromatic rings. The molecular weight excluding hydrogens is 340 g/mol. The maximum atomic E-state index is 12.0. The van der Waals surface area contributed by atoms with Crippen molar-refractivity contribution in [1.29, 1.82) is 0 Å². The lowest BCUT2D eigenvalue weighted by Crippen LogP contribution is -3.13. The average molecular weight is 365 g/mol. The lowest BCUT2D eigenvalue weighted by molar-refractivity contribution is -0.914. The molecule has 2 aromatic carbocycles. The van der Waals surface area contributed by atoms with Crippen molar-refractivity contribution in [3.63, 3.8) is 0 Å². The number of anilines is 1. The van der Waals surface area contributed by atoms with E-state index in [1.165, 1.54) is 16.2 Å². The molecule has 1 fully saturated rings. The van der Waals surface area contributed by atoms with Crippen LogP contribution < -0.4 is 15.4 Å². The molecule has 0 unspecified atom stereocenters. The zero-order valence-electron chi connectivity index (χ0n) is 15.8. The number of nitrogens with zero attached hydrogens (tertiary/aromatic N) is 1. The fourth-order valence-electron chi connectivity index (χ4n) is 3.99. The molecule has 0 bridgehead atoms. The summed E-state index contributed by atoms with van der Waals surface area (Å²) >= 11 is 0. The molecule has 2 heterocycles. The smallest absolute Gasteiger partial charge is 0.336 e. The van der Waals surface area contributed by atoms with E-state index in [9.17, 15) is 9.90 Å². The second-order valence-corrected chi connectivity index (χ2v) is 7.38. The molecule has 1 aliphatic heterocycles. The summed E-state index contributed by atoms with van der Waals surface area (Å²) in [6.07, 6.45) is 0. The summed E-state index contributed by atoms with van der Waals surface area (Å²) in [6.45, 7) is 8.76. The van der Waals surface area contributed by atoms with Gasteiger partial charge in [-0.2, -0.15) is 0 Å². The lowest BCUT2D eigenvalue weighted by atomic mass is 10.1. The number of phenolic OH excluding ortho intramolecular Hbond substituents is 1. The second-order valence-electron chi connectivity index (χ2n) is 7.38. The summed E-state index contributed by atoms with van der Waals surface area (Å²) in [5, 5.41) is 10.8. The van der Waals surface area contributed by atoms with E-state index in [1.807, 2.05) is 6.07 Å². The van der Waals surface area contributed by atoms with Crippen LogP contribution in [0.3, 0.4) is 0 Å². The van der Waals surface area contributed by atoms with Gasteiger partial charge in [0.05, 0.1) is 26.2 Å². The Kier molecular flexibility index (Phi) is 4.62. The molecule has 2 N–H and O–H groups in total. The SMILES string of the molecule is Cc1ccccc1N1CC[NH+](Cc2cc(=O)oc3c(C)c(O)ccc23)CC1. The van der Waals surface area contributed by atoms with Crippen molar-refractivity contribution < 1.29 is 14.4 Å². The molecule has 4 rings (SSSR count). The highest BCUT2D eigenvalue weighted by Gasteiger charge is 2.22. The number of aryl methyl sites for hydroxylation is 2. The van der Waals surface area contributed by atoms with Gasteiger partial charge >= 0.3 is 5.63 Å².